The van der Waals surface area contributed by atoms with E-state index in [4.69, 9.17) is 32.8 Å². The fourth-order valence-electron chi connectivity index (χ4n) is 15.5. The summed E-state index contributed by atoms with van der Waals surface area (Å²) in [7, 11) is 0. The molecule has 0 saturated heterocycles. The van der Waals surface area contributed by atoms with Gasteiger partial charge in [-0.25, -0.2) is 4.79 Å². The molecular weight excluding hydrogens is 1670 g/mol. The van der Waals surface area contributed by atoms with Crippen molar-refractivity contribution in [2.24, 2.45) is 17.8 Å². The van der Waals surface area contributed by atoms with Gasteiger partial charge in [0.15, 0.2) is 17.3 Å². The fraction of sp³-hybridized carbons (Fsp3) is 0.387. The van der Waals surface area contributed by atoms with E-state index < -0.39 is 0 Å². The molecule has 4 aliphatic rings. The average Bonchev–Trinajstić information content (AvgIpc) is 1.65. The predicted molar refractivity (Wildman–Crippen MR) is 566 cm³/mol. The number of ether oxygens (including phenoxy) is 6. The van der Waals surface area contributed by atoms with Crippen LogP contribution in [0.5, 0.6) is 34.5 Å². The van der Waals surface area contributed by atoms with Gasteiger partial charge < -0.3 is 32.8 Å². The van der Waals surface area contributed by atoms with Gasteiger partial charge in [-0.3, -0.25) is 4.79 Å². The summed E-state index contributed by atoms with van der Waals surface area (Å²) in [6, 6.07) is 99.0. The highest BCUT2D eigenvalue weighted by Gasteiger charge is 2.40. The molecule has 1 unspecified atom stereocenters. The summed E-state index contributed by atoms with van der Waals surface area (Å²) in [6.07, 6.45) is 14.1. The highest BCUT2D eigenvalue weighted by molar-refractivity contribution is 7.09. The topological polar surface area (TPSA) is 103 Å². The summed E-state index contributed by atoms with van der Waals surface area (Å²) >= 11 is 1.86. The third-order valence-electron chi connectivity index (χ3n) is 24.2. The molecule has 134 heavy (non-hydrogen) atoms. The van der Waals surface area contributed by atoms with Crippen LogP contribution in [0.3, 0.4) is 0 Å². The van der Waals surface area contributed by atoms with Crippen molar-refractivity contribution in [3.63, 3.8) is 0 Å². The van der Waals surface area contributed by atoms with Crippen molar-refractivity contribution in [1.82, 2.24) is 0 Å². The zero-order valence-electron chi connectivity index (χ0n) is 84.8. The number of unbranched alkanes of at least 4 members (excludes halogenated alkanes) is 1. The number of hydrogen-bond donors (Lipinski definition) is 0. The summed E-state index contributed by atoms with van der Waals surface area (Å²) in [5, 5.41) is 2.15. The maximum absolute atomic E-state index is 11.6. The Morgan fingerprint density at radius 2 is 0.955 bits per heavy atom. The normalized spacial score (nSPS) is 13.4. The van der Waals surface area contributed by atoms with Crippen molar-refractivity contribution in [2.45, 2.75) is 276 Å². The Labute approximate surface area is 811 Å². The molecule has 11 aromatic carbocycles. The van der Waals surface area contributed by atoms with E-state index in [0.717, 1.165) is 108 Å². The molecule has 1 saturated carbocycles. The molecule has 17 rings (SSSR count). The van der Waals surface area contributed by atoms with Crippen molar-refractivity contribution in [3.8, 4) is 45.8 Å². The summed E-state index contributed by atoms with van der Waals surface area (Å²) < 4.78 is 37.9. The summed E-state index contributed by atoms with van der Waals surface area (Å²) in [4.78, 5) is 24.1. The number of ketones is 1. The molecule has 9 nitrogen and oxygen atoms in total. The summed E-state index contributed by atoms with van der Waals surface area (Å²) in [5.41, 5.74) is 21.0. The summed E-state index contributed by atoms with van der Waals surface area (Å²) in [5.74, 6) is 14.1. The highest BCUT2D eigenvalue weighted by atomic mass is 32.1. The zero-order valence-corrected chi connectivity index (χ0v) is 85.6. The van der Waals surface area contributed by atoms with Crippen LogP contribution in [0, 0.1) is 17.8 Å². The first kappa shape index (κ1) is 108. The van der Waals surface area contributed by atoms with Crippen LogP contribution in [0.1, 0.15) is 342 Å². The standard InChI is InChI=1S/2C15H16O.C14H20O2.C13H14O.C13H18.C12H16O.C12H16.C11H14O.C10H12O2.C9H14S/c1-12(2)14-10-6-7-11-15(14)16-13-8-4-3-5-9-13;1-12(2)13-8-10-15(11-9-13)16-14-6-4-3-5-7-14;1-4-5-10-16-14(15)13-8-6-12(7-9-13)11(2)3;1-10(2)11-5-7-12(8-6-11)13-4-3-9-14-13;1-10(2)12-9-5-7-11-6-3-4-8-13(11)12;1-9(2)10-3-4-12-8-13-6-5-11(12)7-10;1-9(2)11-8-12(11)10-6-4-3-5-7-10;1-8(2)10-5-4-6-11(7-10)9(3)12;1-7(2)8-3-4-9-10(5-8)12-6-11-9;1-8(2)5-6-9-4-3-7-10-9/h2*3-12H,1-2H3;6-9,11H,4-5,10H2,1-3H3;3-10H,1-2H3;5,7,9-10H,3-4,6,8H2,1-2H3;3-4,7,9H,5-6,8H2,1-2H3;3-7,9,11-12H,8H2,1-2H3;4-8H,1-3H3;3-5,7H,6H2,1-2H3;3-4,7-8H,5-6H2,1-2H3/t;;;;;;11-,12?;;;/m......0.../s1. The van der Waals surface area contributed by atoms with Crippen molar-refractivity contribution in [2.75, 3.05) is 20.0 Å². The SMILES string of the molecule is CC(=O)c1cccc(C(C)C)c1.CC(C)CCc1cccs1.CC(C)[C@@H]1CC1c1ccccc1.CC(C)c1ccc(-c2ccco2)cc1.CC(C)c1ccc(Oc2ccccc2)cc1.CC(C)c1ccc2c(c1)CCOC2.CC(C)c1ccc2c(c1)OCO2.CC(C)c1cccc2c1CCCC2.CC(C)c1ccccc1Oc1ccccc1.CCCCOC(=O)c1ccc(C(C)C)cc1. The maximum atomic E-state index is 11.6. The number of esters is 1. The van der Waals surface area contributed by atoms with Crippen LogP contribution in [0.4, 0.5) is 0 Å². The quantitative estimate of drug-likeness (QED) is 0.0352. The van der Waals surface area contributed by atoms with E-state index in [-0.39, 0.29) is 11.8 Å². The van der Waals surface area contributed by atoms with Crippen LogP contribution in [0.25, 0.3) is 11.3 Å². The molecule has 1 fully saturated rings. The Balaban J connectivity index is 0.000000184. The number of para-hydroxylation sites is 3. The number of fused-ring (bicyclic) bond motifs is 3. The second-order valence-corrected chi connectivity index (χ2v) is 39.4. The first-order chi connectivity index (χ1) is 64.5. The second-order valence-electron chi connectivity index (χ2n) is 38.4. The van der Waals surface area contributed by atoms with Crippen LogP contribution in [-0.2, 0) is 41.8 Å². The molecule has 0 bridgehead atoms. The molecule has 0 spiro atoms. The van der Waals surface area contributed by atoms with Gasteiger partial charge in [0.25, 0.3) is 0 Å². The lowest BCUT2D eigenvalue weighted by Gasteiger charge is -2.21. The highest BCUT2D eigenvalue weighted by Crippen LogP contribution is 2.51. The molecule has 2 atom stereocenters. The predicted octanol–water partition coefficient (Wildman–Crippen LogP) is 35.9. The van der Waals surface area contributed by atoms with Gasteiger partial charge in [0, 0.05) is 16.0 Å². The van der Waals surface area contributed by atoms with Gasteiger partial charge in [-0.1, -0.05) is 352 Å². The van der Waals surface area contributed by atoms with E-state index >= 15 is 0 Å². The molecule has 0 N–H and O–H groups in total. The number of hydrogen-bond acceptors (Lipinski definition) is 10. The number of carbonyl (C=O) groups excluding carboxylic acids is 2. The van der Waals surface area contributed by atoms with Gasteiger partial charge in [-0.05, 0) is 304 Å². The Kier molecular flexibility index (Phi) is 46.8. The Bertz CT molecular complexity index is 5410. The molecule has 13 aromatic rings. The van der Waals surface area contributed by atoms with Crippen molar-refractivity contribution < 1.29 is 42.4 Å². The van der Waals surface area contributed by atoms with Crippen molar-refractivity contribution >= 4 is 23.1 Å². The molecule has 0 amide bonds. The van der Waals surface area contributed by atoms with Crippen LogP contribution < -0.4 is 18.9 Å². The number of aryl methyl sites for hydroxylation is 2. The third kappa shape index (κ3) is 37.9. The van der Waals surface area contributed by atoms with Gasteiger partial charge in [-0.2, -0.15) is 0 Å². The molecule has 2 aliphatic carbocycles. The summed E-state index contributed by atoms with van der Waals surface area (Å²) in [6.45, 7) is 50.4. The molecule has 10 heteroatoms. The van der Waals surface area contributed by atoms with E-state index in [1.165, 1.54) is 105 Å². The molecule has 2 aliphatic heterocycles. The van der Waals surface area contributed by atoms with Crippen LogP contribution in [0.15, 0.2) is 307 Å². The maximum Gasteiger partial charge on any atom is 0.338 e. The van der Waals surface area contributed by atoms with Gasteiger partial charge in [0.2, 0.25) is 6.79 Å². The minimum atomic E-state index is -0.219. The van der Waals surface area contributed by atoms with Crippen LogP contribution in [-0.4, -0.2) is 31.8 Å². The smallest absolute Gasteiger partial charge is 0.338 e. The lowest BCUT2D eigenvalue weighted by Crippen LogP contribution is -2.10. The Morgan fingerprint density at radius 3 is 1.51 bits per heavy atom. The minimum Gasteiger partial charge on any atom is -0.464 e. The Hall–Kier alpha value is -11.3. The molecule has 0 radical (unpaired) electrons. The van der Waals surface area contributed by atoms with Crippen LogP contribution >= 0.6 is 11.3 Å². The van der Waals surface area contributed by atoms with E-state index in [0.29, 0.717) is 66.3 Å². The zero-order chi connectivity index (χ0) is 96.9. The lowest BCUT2D eigenvalue weighted by atomic mass is 9.85. The van der Waals surface area contributed by atoms with Gasteiger partial charge in [0.1, 0.15) is 28.8 Å². The first-order valence-electron chi connectivity index (χ1n) is 49.4. The van der Waals surface area contributed by atoms with Gasteiger partial charge >= 0.3 is 5.97 Å². The fourth-order valence-corrected chi connectivity index (χ4v) is 16.2. The number of Topliss-reactive ketones (excluding diaryl/α,β-unsaturated/α-hetero) is 1. The van der Waals surface area contributed by atoms with Crippen molar-refractivity contribution in [3.05, 3.63) is 391 Å². The molecule has 4 heterocycles. The van der Waals surface area contributed by atoms with Crippen LogP contribution in [0.2, 0.25) is 0 Å². The van der Waals surface area contributed by atoms with E-state index in [1.54, 1.807) is 29.9 Å². The minimum absolute atomic E-state index is 0.137. The number of thiophene rings is 1. The molecular formula is C124H156O9S. The number of benzene rings is 11. The average molecular weight is 1820 g/mol. The van der Waals surface area contributed by atoms with Gasteiger partial charge in [0.05, 0.1) is 31.6 Å². The third-order valence-corrected chi connectivity index (χ3v) is 25.1. The largest absolute Gasteiger partial charge is 0.464 e. The number of furan rings is 1. The monoisotopic (exact) mass is 1820 g/mol. The van der Waals surface area contributed by atoms with E-state index in [9.17, 15) is 9.59 Å². The molecule has 712 valence electrons. The lowest BCUT2D eigenvalue weighted by molar-refractivity contribution is 0.0499. The Morgan fingerprint density at radius 1 is 0.425 bits per heavy atom. The first-order valence-corrected chi connectivity index (χ1v) is 50.3. The second kappa shape index (κ2) is 58.1. The van der Waals surface area contributed by atoms with E-state index in [2.05, 4.69) is 284 Å². The van der Waals surface area contributed by atoms with Gasteiger partial charge in [-0.15, -0.1) is 11.3 Å². The number of rotatable bonds is 23. The van der Waals surface area contributed by atoms with Crippen molar-refractivity contribution in [1.29, 1.82) is 0 Å². The molecule has 2 aromatic heterocycles. The number of carbonyl (C=O) groups is 2. The van der Waals surface area contributed by atoms with E-state index in [1.807, 2.05) is 169 Å².